The normalized spacial score (nSPS) is 11.8. The molecule has 0 bridgehead atoms. The first kappa shape index (κ1) is 45.8. The predicted molar refractivity (Wildman–Crippen MR) is 259 cm³/mol. The average Bonchev–Trinajstić information content (AvgIpc) is 3.81. The van der Waals surface area contributed by atoms with Gasteiger partial charge in [-0.2, -0.15) is 0 Å². The van der Waals surface area contributed by atoms with Crippen molar-refractivity contribution in [2.45, 2.75) is 84.0 Å². The molecule has 323 valence electrons. The van der Waals surface area contributed by atoms with Crippen LogP contribution in [0.4, 0.5) is 4.39 Å². The van der Waals surface area contributed by atoms with Gasteiger partial charge in [0.25, 0.3) is 0 Å². The summed E-state index contributed by atoms with van der Waals surface area (Å²) < 4.78 is 23.3. The van der Waals surface area contributed by atoms with Crippen LogP contribution in [0, 0.1) is 30.8 Å². The molecule has 5 aromatic carbocycles. The number of rotatable bonds is 9. The predicted octanol–water partition coefficient (Wildman–Crippen LogP) is 14.4. The minimum absolute atomic E-state index is 0. The molecule has 8 heteroatoms. The third-order valence-corrected chi connectivity index (χ3v) is 15.8. The Labute approximate surface area is 387 Å². The van der Waals surface area contributed by atoms with Gasteiger partial charge in [0.05, 0.1) is 22.4 Å². The molecule has 4 heterocycles. The van der Waals surface area contributed by atoms with Crippen LogP contribution in [0.5, 0.6) is 0 Å². The van der Waals surface area contributed by atoms with E-state index in [0.29, 0.717) is 23.5 Å². The Balaban J connectivity index is 0.000000229. The number of hydrogen-bond acceptors (Lipinski definition) is 4. The molecule has 0 aliphatic heterocycles. The van der Waals surface area contributed by atoms with Crippen molar-refractivity contribution in [3.05, 3.63) is 162 Å². The van der Waals surface area contributed by atoms with Crippen molar-refractivity contribution < 1.29 is 28.9 Å². The zero-order valence-electron chi connectivity index (χ0n) is 37.9. The summed E-state index contributed by atoms with van der Waals surface area (Å²) in [6.07, 6.45) is 3.11. The van der Waals surface area contributed by atoms with Gasteiger partial charge in [-0.15, -0.1) is 18.2 Å². The molecule has 0 unspecified atom stereocenters. The maximum absolute atomic E-state index is 13.0. The van der Waals surface area contributed by atoms with E-state index in [0.717, 1.165) is 62.1 Å². The first-order chi connectivity index (χ1) is 29.7. The molecular formula is C55H55FGeIrN4O-2. The van der Waals surface area contributed by atoms with Crippen molar-refractivity contribution in [3.8, 4) is 39.5 Å². The first-order valence-corrected chi connectivity index (χ1v) is 29.1. The van der Waals surface area contributed by atoms with E-state index >= 15 is 0 Å². The molecular weight excluding hydrogens is 1020 g/mol. The summed E-state index contributed by atoms with van der Waals surface area (Å²) >= 11 is -1.93. The molecule has 0 amide bonds. The fourth-order valence-corrected chi connectivity index (χ4v) is 11.7. The Bertz CT molecular complexity index is 3010. The number of aromatic nitrogens is 4. The van der Waals surface area contributed by atoms with Crippen molar-refractivity contribution in [1.29, 1.82) is 0 Å². The Kier molecular flexibility index (Phi) is 13.7. The Hall–Kier alpha value is -5.21. The molecule has 0 aliphatic rings. The molecule has 1 radical (unpaired) electrons. The summed E-state index contributed by atoms with van der Waals surface area (Å²) in [7, 11) is 0. The van der Waals surface area contributed by atoms with Crippen molar-refractivity contribution >= 4 is 50.8 Å². The number of fused-ring (bicyclic) bond motifs is 4. The van der Waals surface area contributed by atoms with Crippen LogP contribution < -0.4 is 4.40 Å². The summed E-state index contributed by atoms with van der Waals surface area (Å²) in [6.45, 7) is 15.6. The van der Waals surface area contributed by atoms with Crippen LogP contribution in [0.2, 0.25) is 17.3 Å². The minimum atomic E-state index is -1.93. The second-order valence-electron chi connectivity index (χ2n) is 18.4. The van der Waals surface area contributed by atoms with Gasteiger partial charge in [0.15, 0.2) is 0 Å². The maximum Gasteiger partial charge on any atom is 0.216 e. The van der Waals surface area contributed by atoms with Crippen LogP contribution in [0.15, 0.2) is 126 Å². The number of hydrogen-bond donors (Lipinski definition) is 0. The molecule has 9 rings (SSSR count). The van der Waals surface area contributed by atoms with E-state index < -0.39 is 13.3 Å². The Morgan fingerprint density at radius 1 is 0.746 bits per heavy atom. The van der Waals surface area contributed by atoms with Crippen LogP contribution in [-0.4, -0.2) is 32.8 Å². The van der Waals surface area contributed by atoms with E-state index in [2.05, 4.69) is 164 Å². The van der Waals surface area contributed by atoms with Crippen LogP contribution in [0.3, 0.4) is 0 Å². The number of halogens is 1. The fraction of sp³-hybridized carbons (Fsp3) is 0.255. The summed E-state index contributed by atoms with van der Waals surface area (Å²) in [4.78, 5) is 14.5. The summed E-state index contributed by atoms with van der Waals surface area (Å²) in [5, 5.41) is 2.02. The molecule has 9 aromatic rings. The van der Waals surface area contributed by atoms with E-state index in [1.54, 1.807) is 6.07 Å². The Morgan fingerprint density at radius 2 is 1.44 bits per heavy atom. The zero-order chi connectivity index (χ0) is 43.9. The zero-order valence-corrected chi connectivity index (χ0v) is 42.4. The third-order valence-electron chi connectivity index (χ3n) is 11.4. The number of aryl methyl sites for hydroxylation is 1. The quantitative estimate of drug-likeness (QED) is 0.107. The van der Waals surface area contributed by atoms with Gasteiger partial charge in [-0.3, -0.25) is 4.98 Å². The smallest absolute Gasteiger partial charge is 0.216 e. The van der Waals surface area contributed by atoms with E-state index in [4.69, 9.17) is 9.40 Å². The van der Waals surface area contributed by atoms with Crippen molar-refractivity contribution in [1.82, 2.24) is 19.5 Å². The maximum atomic E-state index is 13.0. The second kappa shape index (κ2) is 18.9. The van der Waals surface area contributed by atoms with Gasteiger partial charge in [-0.05, 0) is 77.4 Å². The average molecular weight is 1070 g/mol. The second-order valence-corrected chi connectivity index (χ2v) is 29.0. The third kappa shape index (κ3) is 9.52. The van der Waals surface area contributed by atoms with Crippen LogP contribution in [0.1, 0.15) is 75.8 Å². The number of para-hydroxylation sites is 2. The van der Waals surface area contributed by atoms with Crippen LogP contribution >= 0.6 is 0 Å². The topological polar surface area (TPSA) is 56.7 Å². The molecule has 5 nitrogen and oxygen atoms in total. The standard InChI is InChI=1S/C37H32N3O.C18H23FGeN.Ir/c1-22(2)30-20-26(25-12-7-6-8-13-25)21-31(23(3)4)34(30)40-33-17-10-9-16-32(33)39-36(40)29-15-11-14-27-28-19-18-24(5)38-37(28)41-35(27)29;1-13(2)10-15-11-18(14-6-8-16(19)9-7-14)21-12-17(15)20(3,4)5;/h6-14,16-23H,1-5H3;6,8-9,11-13H,10H2,1-5H3;/q2*-1;. The number of benzene rings is 5. The van der Waals surface area contributed by atoms with Gasteiger partial charge >= 0.3 is 130 Å². The van der Waals surface area contributed by atoms with Crippen LogP contribution in [-0.2, 0) is 26.5 Å². The molecule has 0 aliphatic carbocycles. The monoisotopic (exact) mass is 1070 g/mol. The summed E-state index contributed by atoms with van der Waals surface area (Å²) in [6, 6.07) is 45.1. The number of imidazole rings is 1. The van der Waals surface area contributed by atoms with E-state index in [1.165, 1.54) is 50.0 Å². The minimum Gasteiger partial charge on any atom is -0.486 e. The Morgan fingerprint density at radius 3 is 2.10 bits per heavy atom. The molecule has 0 atom stereocenters. The van der Waals surface area contributed by atoms with E-state index in [9.17, 15) is 4.39 Å². The van der Waals surface area contributed by atoms with Gasteiger partial charge in [-0.25, -0.2) is 4.98 Å². The van der Waals surface area contributed by atoms with E-state index in [1.807, 2.05) is 31.3 Å². The first-order valence-electron chi connectivity index (χ1n) is 21.8. The van der Waals surface area contributed by atoms with Gasteiger partial charge in [0, 0.05) is 36.9 Å². The van der Waals surface area contributed by atoms with E-state index in [-0.39, 0.29) is 25.9 Å². The number of furan rings is 1. The molecule has 0 N–H and O–H groups in total. The van der Waals surface area contributed by atoms with Crippen molar-refractivity contribution in [2.75, 3.05) is 0 Å². The van der Waals surface area contributed by atoms with Crippen molar-refractivity contribution in [2.24, 2.45) is 5.92 Å². The largest absolute Gasteiger partial charge is 0.486 e. The molecule has 4 aromatic heterocycles. The number of pyridine rings is 2. The molecule has 0 fully saturated rings. The summed E-state index contributed by atoms with van der Waals surface area (Å²) in [5.41, 5.74) is 14.5. The van der Waals surface area contributed by atoms with Gasteiger partial charge in [-0.1, -0.05) is 81.1 Å². The summed E-state index contributed by atoms with van der Waals surface area (Å²) in [5.74, 6) is 8.93. The fourth-order valence-electron chi connectivity index (χ4n) is 8.41. The molecule has 0 saturated carbocycles. The molecule has 0 saturated heterocycles. The SMILES string of the molecule is CC(C)Cc1cc(-c2[c-]cc(F)cc2)nc[c]1[Ge]([CH3])([CH3])[CH3].Cc1ccc2c(n1)oc1c(-c3nc4ccccc4n3-c3c(C(C)C)cc(-c4ccccc4)cc3C(C)C)[c-]ccc12.[Ir]. The van der Waals surface area contributed by atoms with Gasteiger partial charge < -0.3 is 8.98 Å². The van der Waals surface area contributed by atoms with Gasteiger partial charge in [0.1, 0.15) is 0 Å². The molecule has 63 heavy (non-hydrogen) atoms. The van der Waals surface area contributed by atoms with Crippen LogP contribution in [0.25, 0.3) is 72.6 Å². The van der Waals surface area contributed by atoms with Gasteiger partial charge in [0.2, 0.25) is 5.71 Å². The van der Waals surface area contributed by atoms with Crippen molar-refractivity contribution in [3.63, 3.8) is 0 Å². The number of nitrogens with zero attached hydrogens (tertiary/aromatic N) is 4. The molecule has 0 spiro atoms.